The average Bonchev–Trinajstić information content (AvgIpc) is 3.02. The zero-order valence-electron chi connectivity index (χ0n) is 13.1. The van der Waals surface area contributed by atoms with Gasteiger partial charge in [-0.1, -0.05) is 6.07 Å². The van der Waals surface area contributed by atoms with Crippen molar-refractivity contribution >= 4 is 22.4 Å². The molecule has 0 saturated heterocycles. The van der Waals surface area contributed by atoms with Gasteiger partial charge < -0.3 is 15.2 Å². The van der Waals surface area contributed by atoms with Gasteiger partial charge in [-0.05, 0) is 49.4 Å². The van der Waals surface area contributed by atoms with Gasteiger partial charge in [0, 0.05) is 10.9 Å². The van der Waals surface area contributed by atoms with Gasteiger partial charge in [0.05, 0.1) is 17.9 Å². The predicted molar refractivity (Wildman–Crippen MR) is 94.4 cm³/mol. The van der Waals surface area contributed by atoms with Crippen LogP contribution in [-0.4, -0.2) is 17.6 Å². The first-order valence-corrected chi connectivity index (χ1v) is 8.30. The van der Waals surface area contributed by atoms with E-state index in [9.17, 15) is 4.79 Å². The molecule has 5 nitrogen and oxygen atoms in total. The maximum Gasteiger partial charge on any atom is 0.338 e. The van der Waals surface area contributed by atoms with E-state index in [-0.39, 0.29) is 5.97 Å². The van der Waals surface area contributed by atoms with Crippen LogP contribution in [0.4, 0.5) is 5.13 Å². The lowest BCUT2D eigenvalue weighted by atomic mass is 10.1. The number of benzene rings is 2. The van der Waals surface area contributed by atoms with Crippen molar-refractivity contribution in [2.24, 2.45) is 0 Å². The molecule has 0 spiro atoms. The SMILES string of the molecule is CCOC(=O)c1cccc(Oc2ccc(-c3csc(N)n3)cc2)c1. The highest BCUT2D eigenvalue weighted by molar-refractivity contribution is 7.13. The first-order chi connectivity index (χ1) is 11.7. The van der Waals surface area contributed by atoms with Gasteiger partial charge in [0.1, 0.15) is 11.5 Å². The van der Waals surface area contributed by atoms with Crippen molar-refractivity contribution in [3.05, 3.63) is 59.5 Å². The Balaban J connectivity index is 1.74. The molecule has 0 aliphatic carbocycles. The van der Waals surface area contributed by atoms with Crippen molar-refractivity contribution in [3.8, 4) is 22.8 Å². The van der Waals surface area contributed by atoms with Crippen molar-refractivity contribution in [3.63, 3.8) is 0 Å². The fourth-order valence-electron chi connectivity index (χ4n) is 2.15. The minimum atomic E-state index is -0.362. The molecule has 24 heavy (non-hydrogen) atoms. The Hall–Kier alpha value is -2.86. The molecule has 3 rings (SSSR count). The summed E-state index contributed by atoms with van der Waals surface area (Å²) in [5.41, 5.74) is 7.92. The molecule has 2 aromatic carbocycles. The Labute approximate surface area is 143 Å². The molecule has 2 N–H and O–H groups in total. The second-order valence-electron chi connectivity index (χ2n) is 4.95. The monoisotopic (exact) mass is 340 g/mol. The predicted octanol–water partition coefficient (Wildman–Crippen LogP) is 4.36. The van der Waals surface area contributed by atoms with Gasteiger partial charge in [0.15, 0.2) is 5.13 Å². The highest BCUT2D eigenvalue weighted by atomic mass is 32.1. The summed E-state index contributed by atoms with van der Waals surface area (Å²) in [5, 5.41) is 2.45. The smallest absolute Gasteiger partial charge is 0.338 e. The van der Waals surface area contributed by atoms with Crippen molar-refractivity contribution in [1.29, 1.82) is 0 Å². The highest BCUT2D eigenvalue weighted by Gasteiger charge is 2.08. The van der Waals surface area contributed by atoms with Crippen molar-refractivity contribution in [2.75, 3.05) is 12.3 Å². The van der Waals surface area contributed by atoms with Gasteiger partial charge in [0.2, 0.25) is 0 Å². The Morgan fingerprint density at radius 1 is 1.17 bits per heavy atom. The third kappa shape index (κ3) is 3.72. The number of nitrogens with zero attached hydrogens (tertiary/aromatic N) is 1. The van der Waals surface area contributed by atoms with Crippen molar-refractivity contribution in [1.82, 2.24) is 4.98 Å². The Kier molecular flexibility index (Phi) is 4.77. The third-order valence-electron chi connectivity index (χ3n) is 3.25. The third-order valence-corrected chi connectivity index (χ3v) is 3.93. The van der Waals surface area contributed by atoms with Gasteiger partial charge >= 0.3 is 5.97 Å². The van der Waals surface area contributed by atoms with E-state index in [1.54, 1.807) is 31.2 Å². The lowest BCUT2D eigenvalue weighted by molar-refractivity contribution is 0.0526. The number of aromatic nitrogens is 1. The van der Waals surface area contributed by atoms with Gasteiger partial charge in [-0.2, -0.15) is 0 Å². The summed E-state index contributed by atoms with van der Waals surface area (Å²) in [4.78, 5) is 16.0. The number of hydrogen-bond acceptors (Lipinski definition) is 6. The topological polar surface area (TPSA) is 74.4 Å². The summed E-state index contributed by atoms with van der Waals surface area (Å²) in [6, 6.07) is 14.4. The Morgan fingerprint density at radius 3 is 2.62 bits per heavy atom. The Bertz CT molecular complexity index is 843. The van der Waals surface area contributed by atoms with Crippen LogP contribution in [0.1, 0.15) is 17.3 Å². The molecule has 122 valence electrons. The lowest BCUT2D eigenvalue weighted by Crippen LogP contribution is -2.04. The van der Waals surface area contributed by atoms with Crippen LogP contribution in [-0.2, 0) is 4.74 Å². The molecule has 0 atom stereocenters. The lowest BCUT2D eigenvalue weighted by Gasteiger charge is -2.08. The van der Waals surface area contributed by atoms with Gasteiger partial charge in [-0.3, -0.25) is 0 Å². The van der Waals surface area contributed by atoms with E-state index < -0.39 is 0 Å². The van der Waals surface area contributed by atoms with Crippen LogP contribution in [0.2, 0.25) is 0 Å². The van der Waals surface area contributed by atoms with Crippen LogP contribution < -0.4 is 10.5 Å². The van der Waals surface area contributed by atoms with Crippen LogP contribution in [0.15, 0.2) is 53.9 Å². The van der Waals surface area contributed by atoms with Crippen LogP contribution in [0.5, 0.6) is 11.5 Å². The van der Waals surface area contributed by atoms with Gasteiger partial charge in [-0.15, -0.1) is 11.3 Å². The van der Waals surface area contributed by atoms with E-state index in [4.69, 9.17) is 15.2 Å². The summed E-state index contributed by atoms with van der Waals surface area (Å²) in [6.07, 6.45) is 0. The molecule has 0 saturated carbocycles. The molecule has 0 bridgehead atoms. The molecular formula is C18H16N2O3S. The van der Waals surface area contributed by atoms with Gasteiger partial charge in [0.25, 0.3) is 0 Å². The largest absolute Gasteiger partial charge is 0.462 e. The number of nitrogen functional groups attached to an aromatic ring is 1. The summed E-state index contributed by atoms with van der Waals surface area (Å²) < 4.78 is 10.8. The van der Waals surface area contributed by atoms with Gasteiger partial charge in [-0.25, -0.2) is 9.78 Å². The molecule has 0 aliphatic heterocycles. The van der Waals surface area contributed by atoms with Crippen LogP contribution >= 0.6 is 11.3 Å². The number of hydrogen-bond donors (Lipinski definition) is 1. The van der Waals surface area contributed by atoms with E-state index in [1.807, 2.05) is 29.6 Å². The average molecular weight is 340 g/mol. The van der Waals surface area contributed by atoms with Crippen molar-refractivity contribution in [2.45, 2.75) is 6.92 Å². The summed E-state index contributed by atoms with van der Waals surface area (Å²) in [5.74, 6) is 0.883. The highest BCUT2D eigenvalue weighted by Crippen LogP contribution is 2.27. The van der Waals surface area contributed by atoms with E-state index >= 15 is 0 Å². The van der Waals surface area contributed by atoms with Crippen molar-refractivity contribution < 1.29 is 14.3 Å². The number of anilines is 1. The van der Waals surface area contributed by atoms with E-state index in [1.165, 1.54) is 11.3 Å². The second-order valence-corrected chi connectivity index (χ2v) is 5.84. The molecule has 0 fully saturated rings. The minimum absolute atomic E-state index is 0.340. The zero-order chi connectivity index (χ0) is 16.9. The maximum absolute atomic E-state index is 11.8. The molecule has 0 unspecified atom stereocenters. The fraction of sp³-hybridized carbons (Fsp3) is 0.111. The fourth-order valence-corrected chi connectivity index (χ4v) is 2.72. The zero-order valence-corrected chi connectivity index (χ0v) is 13.9. The normalized spacial score (nSPS) is 10.4. The van der Waals surface area contributed by atoms with E-state index in [0.29, 0.717) is 28.8 Å². The molecule has 0 amide bonds. The first kappa shape index (κ1) is 16.0. The first-order valence-electron chi connectivity index (χ1n) is 7.42. The van der Waals surface area contributed by atoms with E-state index in [2.05, 4.69) is 4.98 Å². The van der Waals surface area contributed by atoms with Crippen LogP contribution in [0, 0.1) is 0 Å². The minimum Gasteiger partial charge on any atom is -0.462 e. The molecule has 1 heterocycles. The number of rotatable bonds is 5. The Morgan fingerprint density at radius 2 is 1.96 bits per heavy atom. The number of carbonyl (C=O) groups excluding carboxylic acids is 1. The number of carbonyl (C=O) groups is 1. The molecule has 0 aliphatic rings. The number of ether oxygens (including phenoxy) is 2. The number of thiazole rings is 1. The standard InChI is InChI=1S/C18H16N2O3S/c1-2-22-17(21)13-4-3-5-15(10-13)23-14-8-6-12(7-9-14)16-11-24-18(19)20-16/h3-11H,2H2,1H3,(H2,19,20). The molecule has 0 radical (unpaired) electrons. The van der Waals surface area contributed by atoms with Crippen LogP contribution in [0.25, 0.3) is 11.3 Å². The quantitative estimate of drug-likeness (QED) is 0.698. The number of esters is 1. The maximum atomic E-state index is 11.8. The number of nitrogens with two attached hydrogens (primary N) is 1. The van der Waals surface area contributed by atoms with E-state index in [0.717, 1.165) is 11.3 Å². The second kappa shape index (κ2) is 7.14. The molecule has 3 aromatic rings. The molecule has 1 aromatic heterocycles. The summed E-state index contributed by atoms with van der Waals surface area (Å²) in [7, 11) is 0. The summed E-state index contributed by atoms with van der Waals surface area (Å²) in [6.45, 7) is 2.11. The molecular weight excluding hydrogens is 324 g/mol. The summed E-state index contributed by atoms with van der Waals surface area (Å²) >= 11 is 1.41. The molecule has 6 heteroatoms. The van der Waals surface area contributed by atoms with Crippen LogP contribution in [0.3, 0.4) is 0 Å².